The Balaban J connectivity index is 1.68. The molecule has 0 bridgehead atoms. The molecule has 2 N–H and O–H groups in total. The third kappa shape index (κ3) is 4.86. The van der Waals surface area contributed by atoms with E-state index in [0.29, 0.717) is 35.5 Å². The molecule has 7 heteroatoms. The van der Waals surface area contributed by atoms with Crippen molar-refractivity contribution < 1.29 is 14.3 Å². The van der Waals surface area contributed by atoms with Crippen LogP contribution in [0.25, 0.3) is 0 Å². The number of benzene rings is 2. The molecule has 3 rings (SSSR count). The molecule has 0 unspecified atom stereocenters. The number of para-hydroxylation sites is 1. The molecule has 156 valence electrons. The van der Waals surface area contributed by atoms with Crippen molar-refractivity contribution in [1.29, 1.82) is 0 Å². The first-order chi connectivity index (χ1) is 14.4. The molecule has 0 atom stereocenters. The maximum absolute atomic E-state index is 12.8. The van der Waals surface area contributed by atoms with Crippen LogP contribution in [0.15, 0.2) is 48.5 Å². The summed E-state index contributed by atoms with van der Waals surface area (Å²) in [5, 5.41) is 10.1. The van der Waals surface area contributed by atoms with Gasteiger partial charge >= 0.3 is 0 Å². The van der Waals surface area contributed by atoms with Crippen molar-refractivity contribution in [3.8, 4) is 5.75 Å². The molecule has 1 aromatic heterocycles. The van der Waals surface area contributed by atoms with Crippen molar-refractivity contribution in [2.24, 2.45) is 7.05 Å². The van der Waals surface area contributed by atoms with Crippen LogP contribution in [0.2, 0.25) is 0 Å². The molecular formula is C23H26N4O3. The first-order valence-electron chi connectivity index (χ1n) is 9.72. The Bertz CT molecular complexity index is 1070. The minimum absolute atomic E-state index is 0.153. The normalized spacial score (nSPS) is 10.5. The first kappa shape index (κ1) is 21.1. The van der Waals surface area contributed by atoms with E-state index >= 15 is 0 Å². The highest BCUT2D eigenvalue weighted by molar-refractivity contribution is 6.10. The van der Waals surface area contributed by atoms with Gasteiger partial charge < -0.3 is 15.4 Å². The van der Waals surface area contributed by atoms with Gasteiger partial charge in [-0.2, -0.15) is 5.10 Å². The number of nitrogens with zero attached hydrogens (tertiary/aromatic N) is 2. The number of amides is 2. The van der Waals surface area contributed by atoms with E-state index in [2.05, 4.69) is 15.7 Å². The predicted molar refractivity (Wildman–Crippen MR) is 117 cm³/mol. The Hall–Kier alpha value is -3.61. The molecule has 0 saturated carbocycles. The molecule has 7 nitrogen and oxygen atoms in total. The van der Waals surface area contributed by atoms with E-state index in [1.165, 1.54) is 0 Å². The average molecular weight is 406 g/mol. The second-order valence-corrected chi connectivity index (χ2v) is 7.05. The van der Waals surface area contributed by atoms with Crippen molar-refractivity contribution in [2.75, 3.05) is 17.7 Å². The fourth-order valence-corrected chi connectivity index (χ4v) is 3.32. The van der Waals surface area contributed by atoms with Gasteiger partial charge in [0, 0.05) is 30.9 Å². The lowest BCUT2D eigenvalue weighted by Crippen LogP contribution is -2.18. The summed E-state index contributed by atoms with van der Waals surface area (Å²) < 4.78 is 7.01. The summed E-state index contributed by atoms with van der Waals surface area (Å²) in [6.45, 7) is 3.93. The fourth-order valence-electron chi connectivity index (χ4n) is 3.32. The van der Waals surface area contributed by atoms with E-state index < -0.39 is 0 Å². The first-order valence-corrected chi connectivity index (χ1v) is 9.72. The molecule has 0 aliphatic rings. The molecule has 2 amide bonds. The predicted octanol–water partition coefficient (Wildman–Crippen LogP) is 3.87. The van der Waals surface area contributed by atoms with Gasteiger partial charge in [0.2, 0.25) is 5.91 Å². The Kier molecular flexibility index (Phi) is 6.51. The van der Waals surface area contributed by atoms with E-state index in [4.69, 9.17) is 4.74 Å². The second kappa shape index (κ2) is 9.26. The van der Waals surface area contributed by atoms with Crippen LogP contribution >= 0.6 is 0 Å². The lowest BCUT2D eigenvalue weighted by atomic mass is 10.1. The topological polar surface area (TPSA) is 85.2 Å². The van der Waals surface area contributed by atoms with Crippen LogP contribution in [-0.4, -0.2) is 28.7 Å². The summed E-state index contributed by atoms with van der Waals surface area (Å²) in [6.07, 6.45) is 0.898. The molecule has 0 radical (unpaired) electrons. The highest BCUT2D eigenvalue weighted by Gasteiger charge is 2.15. The van der Waals surface area contributed by atoms with E-state index in [1.807, 2.05) is 25.6 Å². The summed E-state index contributed by atoms with van der Waals surface area (Å²) in [5.41, 5.74) is 4.55. The zero-order chi connectivity index (χ0) is 21.7. The molecule has 0 aliphatic heterocycles. The summed E-state index contributed by atoms with van der Waals surface area (Å²) >= 11 is 0. The maximum Gasteiger partial charge on any atom is 0.257 e. The van der Waals surface area contributed by atoms with Gasteiger partial charge in [0.25, 0.3) is 5.91 Å². The minimum atomic E-state index is -0.307. The minimum Gasteiger partial charge on any atom is -0.497 e. The number of aryl methyl sites for hydroxylation is 2. The van der Waals surface area contributed by atoms with Gasteiger partial charge in [-0.15, -0.1) is 0 Å². The van der Waals surface area contributed by atoms with Crippen LogP contribution in [0.1, 0.15) is 33.7 Å². The molecule has 0 saturated heterocycles. The molecule has 0 spiro atoms. The third-order valence-corrected chi connectivity index (χ3v) is 5.03. The van der Waals surface area contributed by atoms with Gasteiger partial charge in [-0.25, -0.2) is 0 Å². The number of hydrogen-bond donors (Lipinski definition) is 2. The standard InChI is InChI=1S/C23H26N4O3/c1-15-19(16(2)27(3)26-15)12-13-22(28)25-21-11-6-5-10-20(21)23(29)24-17-8-7-9-18(14-17)30-4/h5-11,14H,12-13H2,1-4H3,(H,24,29)(H,25,28). The van der Waals surface area contributed by atoms with Crippen molar-refractivity contribution >= 4 is 23.2 Å². The molecule has 0 aliphatic carbocycles. The third-order valence-electron chi connectivity index (χ3n) is 5.03. The molecular weight excluding hydrogens is 380 g/mol. The second-order valence-electron chi connectivity index (χ2n) is 7.05. The van der Waals surface area contributed by atoms with Crippen molar-refractivity contribution in [3.63, 3.8) is 0 Å². The highest BCUT2D eigenvalue weighted by Crippen LogP contribution is 2.21. The average Bonchev–Trinajstić information content (AvgIpc) is 2.98. The Morgan fingerprint density at radius 3 is 2.53 bits per heavy atom. The van der Waals surface area contributed by atoms with Gasteiger partial charge in [-0.05, 0) is 50.1 Å². The van der Waals surface area contributed by atoms with Gasteiger partial charge in [0.05, 0.1) is 24.1 Å². The molecule has 1 heterocycles. The number of nitrogens with one attached hydrogen (secondary N) is 2. The van der Waals surface area contributed by atoms with Gasteiger partial charge in [0.15, 0.2) is 0 Å². The van der Waals surface area contributed by atoms with Gasteiger partial charge in [-0.3, -0.25) is 14.3 Å². The Morgan fingerprint density at radius 1 is 1.07 bits per heavy atom. The van der Waals surface area contributed by atoms with E-state index in [1.54, 1.807) is 55.6 Å². The molecule has 3 aromatic rings. The largest absolute Gasteiger partial charge is 0.497 e. The molecule has 30 heavy (non-hydrogen) atoms. The number of carbonyl (C=O) groups excluding carboxylic acids is 2. The highest BCUT2D eigenvalue weighted by atomic mass is 16.5. The number of hydrogen-bond acceptors (Lipinski definition) is 4. The van der Waals surface area contributed by atoms with Crippen molar-refractivity contribution in [2.45, 2.75) is 26.7 Å². The van der Waals surface area contributed by atoms with Crippen LogP contribution in [-0.2, 0) is 18.3 Å². The van der Waals surface area contributed by atoms with E-state index in [0.717, 1.165) is 17.0 Å². The monoisotopic (exact) mass is 406 g/mol. The van der Waals surface area contributed by atoms with Crippen LogP contribution in [0, 0.1) is 13.8 Å². The summed E-state index contributed by atoms with van der Waals surface area (Å²) in [6, 6.07) is 14.1. The lowest BCUT2D eigenvalue weighted by molar-refractivity contribution is -0.116. The van der Waals surface area contributed by atoms with Crippen molar-refractivity contribution in [1.82, 2.24) is 9.78 Å². The van der Waals surface area contributed by atoms with E-state index in [9.17, 15) is 9.59 Å². The number of rotatable bonds is 7. The summed E-state index contributed by atoms with van der Waals surface area (Å²) in [7, 11) is 3.46. The number of ether oxygens (including phenoxy) is 1. The molecule has 2 aromatic carbocycles. The summed E-state index contributed by atoms with van der Waals surface area (Å²) in [4.78, 5) is 25.3. The molecule has 0 fully saturated rings. The lowest BCUT2D eigenvalue weighted by Gasteiger charge is -2.12. The summed E-state index contributed by atoms with van der Waals surface area (Å²) in [5.74, 6) is 0.188. The van der Waals surface area contributed by atoms with Gasteiger partial charge in [0.1, 0.15) is 5.75 Å². The van der Waals surface area contributed by atoms with E-state index in [-0.39, 0.29) is 11.8 Å². The number of aromatic nitrogens is 2. The smallest absolute Gasteiger partial charge is 0.257 e. The maximum atomic E-state index is 12.8. The number of carbonyl (C=O) groups is 2. The Labute approximate surface area is 176 Å². The zero-order valence-electron chi connectivity index (χ0n) is 17.7. The number of anilines is 2. The van der Waals surface area contributed by atoms with Crippen molar-refractivity contribution in [3.05, 3.63) is 71.0 Å². The van der Waals surface area contributed by atoms with Crippen LogP contribution in [0.4, 0.5) is 11.4 Å². The van der Waals surface area contributed by atoms with Crippen LogP contribution < -0.4 is 15.4 Å². The van der Waals surface area contributed by atoms with Gasteiger partial charge in [-0.1, -0.05) is 18.2 Å². The SMILES string of the molecule is COc1cccc(NC(=O)c2ccccc2NC(=O)CCc2c(C)nn(C)c2C)c1. The number of methoxy groups -OCH3 is 1. The zero-order valence-corrected chi connectivity index (χ0v) is 17.7. The van der Waals surface area contributed by atoms with Crippen LogP contribution in [0.3, 0.4) is 0 Å². The quantitative estimate of drug-likeness (QED) is 0.624. The fraction of sp³-hybridized carbons (Fsp3) is 0.261. The van der Waals surface area contributed by atoms with Crippen LogP contribution in [0.5, 0.6) is 5.75 Å². The Morgan fingerprint density at radius 2 is 1.83 bits per heavy atom.